The van der Waals surface area contributed by atoms with Gasteiger partial charge in [0.15, 0.2) is 5.69 Å². The first-order valence-electron chi connectivity index (χ1n) is 6.90. The second-order valence-corrected chi connectivity index (χ2v) is 6.20. The number of aryl methyl sites for hydroxylation is 1. The Hall–Kier alpha value is -0.900. The van der Waals surface area contributed by atoms with E-state index < -0.39 is 0 Å². The molecule has 3 nitrogen and oxygen atoms in total. The van der Waals surface area contributed by atoms with Gasteiger partial charge in [0.2, 0.25) is 12.1 Å². The molecule has 1 aromatic rings. The summed E-state index contributed by atoms with van der Waals surface area (Å²) < 4.78 is 2.08. The molecule has 0 spiro atoms. The zero-order valence-electron chi connectivity index (χ0n) is 11.4. The molecule has 1 saturated heterocycles. The van der Waals surface area contributed by atoms with Crippen molar-refractivity contribution in [2.75, 3.05) is 13.1 Å². The van der Waals surface area contributed by atoms with Crippen LogP contribution < -0.4 is 4.57 Å². The van der Waals surface area contributed by atoms with Crippen LogP contribution in [0.15, 0.2) is 5.51 Å². The molecule has 18 heavy (non-hydrogen) atoms. The van der Waals surface area contributed by atoms with Crippen LogP contribution in [0.25, 0.3) is 0 Å². The Morgan fingerprint density at radius 1 is 1.22 bits per heavy atom. The van der Waals surface area contributed by atoms with Crippen molar-refractivity contribution in [1.82, 2.24) is 4.90 Å². The summed E-state index contributed by atoms with van der Waals surface area (Å²) in [4.78, 5) is 15.7. The maximum atomic E-state index is 12.3. The van der Waals surface area contributed by atoms with E-state index in [2.05, 4.69) is 28.8 Å². The van der Waals surface area contributed by atoms with E-state index >= 15 is 0 Å². The SMILES string of the molecule is Cc1sc[n+](CC(=O)N2CCCCCCC2)c1C. The van der Waals surface area contributed by atoms with Gasteiger partial charge in [-0.25, -0.2) is 0 Å². The Bertz CT molecular complexity index is 406. The van der Waals surface area contributed by atoms with Gasteiger partial charge in [0.05, 0.1) is 4.88 Å². The average molecular weight is 267 g/mol. The topological polar surface area (TPSA) is 24.2 Å². The third-order valence-electron chi connectivity index (χ3n) is 3.81. The Morgan fingerprint density at radius 2 is 1.83 bits per heavy atom. The quantitative estimate of drug-likeness (QED) is 0.755. The predicted molar refractivity (Wildman–Crippen MR) is 73.7 cm³/mol. The van der Waals surface area contributed by atoms with Gasteiger partial charge in [-0.3, -0.25) is 4.79 Å². The molecule has 2 heterocycles. The van der Waals surface area contributed by atoms with Crippen LogP contribution in [0.4, 0.5) is 0 Å². The number of likely N-dealkylation sites (tertiary alicyclic amines) is 1. The molecule has 0 N–H and O–H groups in total. The lowest BCUT2D eigenvalue weighted by Crippen LogP contribution is -2.46. The molecule has 0 unspecified atom stereocenters. The maximum Gasteiger partial charge on any atom is 0.288 e. The second-order valence-electron chi connectivity index (χ2n) is 5.14. The fraction of sp³-hybridized carbons (Fsp3) is 0.714. The summed E-state index contributed by atoms with van der Waals surface area (Å²) in [5, 5.41) is 0. The van der Waals surface area contributed by atoms with Gasteiger partial charge in [-0.1, -0.05) is 30.6 Å². The Morgan fingerprint density at radius 3 is 2.39 bits per heavy atom. The molecule has 0 bridgehead atoms. The minimum absolute atomic E-state index is 0.280. The summed E-state index contributed by atoms with van der Waals surface area (Å²) in [6, 6.07) is 0. The molecule has 0 aromatic carbocycles. The molecule has 1 fully saturated rings. The number of carbonyl (C=O) groups excluding carboxylic acids is 1. The summed E-state index contributed by atoms with van der Waals surface area (Å²) in [5.74, 6) is 0.280. The van der Waals surface area contributed by atoms with Crippen LogP contribution in [0.3, 0.4) is 0 Å². The lowest BCUT2D eigenvalue weighted by molar-refractivity contribution is -0.686. The fourth-order valence-corrected chi connectivity index (χ4v) is 3.21. The largest absolute Gasteiger partial charge is 0.337 e. The van der Waals surface area contributed by atoms with Gasteiger partial charge in [-0.05, 0) is 19.8 Å². The molecule has 1 aliphatic heterocycles. The van der Waals surface area contributed by atoms with Gasteiger partial charge in [-0.2, -0.15) is 4.57 Å². The van der Waals surface area contributed by atoms with E-state index in [9.17, 15) is 4.79 Å². The first-order valence-corrected chi connectivity index (χ1v) is 7.78. The summed E-state index contributed by atoms with van der Waals surface area (Å²) in [6.45, 7) is 6.60. The number of carbonyl (C=O) groups is 1. The van der Waals surface area contributed by atoms with Crippen LogP contribution in [0.5, 0.6) is 0 Å². The van der Waals surface area contributed by atoms with Gasteiger partial charge < -0.3 is 4.90 Å². The second kappa shape index (κ2) is 6.32. The van der Waals surface area contributed by atoms with E-state index in [0.29, 0.717) is 6.54 Å². The molecule has 2 rings (SSSR count). The van der Waals surface area contributed by atoms with Gasteiger partial charge in [0.25, 0.3) is 5.91 Å². The van der Waals surface area contributed by atoms with Crippen LogP contribution in [-0.2, 0) is 11.3 Å². The zero-order chi connectivity index (χ0) is 13.0. The fourth-order valence-electron chi connectivity index (χ4n) is 2.41. The number of hydrogen-bond acceptors (Lipinski definition) is 2. The molecule has 1 aromatic heterocycles. The van der Waals surface area contributed by atoms with Crippen molar-refractivity contribution in [1.29, 1.82) is 0 Å². The summed E-state index contributed by atoms with van der Waals surface area (Å²) in [5.41, 5.74) is 3.28. The highest BCUT2D eigenvalue weighted by atomic mass is 32.1. The van der Waals surface area contributed by atoms with Crippen LogP contribution in [0.2, 0.25) is 0 Å². The normalized spacial score (nSPS) is 17.3. The first-order chi connectivity index (χ1) is 8.68. The number of amides is 1. The van der Waals surface area contributed by atoms with Crippen molar-refractivity contribution in [3.63, 3.8) is 0 Å². The standard InChI is InChI=1S/C14H23N2OS/c1-12-13(2)18-11-16(12)10-14(17)15-8-6-4-3-5-7-9-15/h11H,3-10H2,1-2H3/q+1. The smallest absolute Gasteiger partial charge is 0.288 e. The van der Waals surface area contributed by atoms with Crippen molar-refractivity contribution in [2.24, 2.45) is 0 Å². The number of nitrogens with zero attached hydrogens (tertiary/aromatic N) is 2. The highest BCUT2D eigenvalue weighted by Gasteiger charge is 2.21. The minimum Gasteiger partial charge on any atom is -0.337 e. The van der Waals surface area contributed by atoms with Crippen LogP contribution in [-0.4, -0.2) is 23.9 Å². The number of hydrogen-bond donors (Lipinski definition) is 0. The predicted octanol–water partition coefficient (Wildman–Crippen LogP) is 2.45. The van der Waals surface area contributed by atoms with E-state index in [-0.39, 0.29) is 5.91 Å². The van der Waals surface area contributed by atoms with Gasteiger partial charge >= 0.3 is 0 Å². The Balaban J connectivity index is 1.95. The minimum atomic E-state index is 0.280. The number of thiazole rings is 1. The molecule has 0 atom stereocenters. The van der Waals surface area contributed by atoms with Crippen molar-refractivity contribution >= 4 is 17.2 Å². The summed E-state index contributed by atoms with van der Waals surface area (Å²) in [6.07, 6.45) is 6.21. The zero-order valence-corrected chi connectivity index (χ0v) is 12.3. The third-order valence-corrected chi connectivity index (χ3v) is 4.82. The third kappa shape index (κ3) is 3.31. The number of aromatic nitrogens is 1. The molecular formula is C14H23N2OS+. The van der Waals surface area contributed by atoms with Crippen LogP contribution in [0, 0.1) is 13.8 Å². The highest BCUT2D eigenvalue weighted by Crippen LogP contribution is 2.11. The van der Waals surface area contributed by atoms with E-state index in [1.807, 2.05) is 0 Å². The average Bonchev–Trinajstić information content (AvgIpc) is 2.60. The molecule has 100 valence electrons. The maximum absolute atomic E-state index is 12.3. The lowest BCUT2D eigenvalue weighted by Gasteiger charge is -2.23. The van der Waals surface area contributed by atoms with Gasteiger partial charge in [-0.15, -0.1) is 0 Å². The summed E-state index contributed by atoms with van der Waals surface area (Å²) >= 11 is 1.72. The van der Waals surface area contributed by atoms with Crippen molar-refractivity contribution in [2.45, 2.75) is 52.5 Å². The van der Waals surface area contributed by atoms with Gasteiger partial charge in [0.1, 0.15) is 0 Å². The molecule has 0 radical (unpaired) electrons. The molecule has 0 aliphatic carbocycles. The van der Waals surface area contributed by atoms with Crippen LogP contribution in [0.1, 0.15) is 42.7 Å². The Kier molecular flexibility index (Phi) is 4.75. The molecule has 4 heteroatoms. The van der Waals surface area contributed by atoms with Gasteiger partial charge in [0, 0.05) is 20.0 Å². The molecular weight excluding hydrogens is 244 g/mol. The van der Waals surface area contributed by atoms with E-state index in [4.69, 9.17) is 0 Å². The van der Waals surface area contributed by atoms with E-state index in [0.717, 1.165) is 25.9 Å². The lowest BCUT2D eigenvalue weighted by atomic mass is 10.1. The molecule has 1 amide bonds. The molecule has 1 aliphatic rings. The monoisotopic (exact) mass is 267 g/mol. The Labute approximate surface area is 113 Å². The first kappa shape index (κ1) is 13.5. The van der Waals surface area contributed by atoms with E-state index in [1.54, 1.807) is 11.3 Å². The summed E-state index contributed by atoms with van der Waals surface area (Å²) in [7, 11) is 0. The van der Waals surface area contributed by atoms with Crippen molar-refractivity contribution in [3.05, 3.63) is 16.1 Å². The molecule has 0 saturated carbocycles. The van der Waals surface area contributed by atoms with E-state index in [1.165, 1.54) is 29.8 Å². The van der Waals surface area contributed by atoms with Crippen molar-refractivity contribution < 1.29 is 9.36 Å². The van der Waals surface area contributed by atoms with Crippen LogP contribution >= 0.6 is 11.3 Å². The highest BCUT2D eigenvalue weighted by molar-refractivity contribution is 7.09. The van der Waals surface area contributed by atoms with Crippen molar-refractivity contribution in [3.8, 4) is 0 Å². The number of rotatable bonds is 2.